The summed E-state index contributed by atoms with van der Waals surface area (Å²) in [6, 6.07) is 6.81. The largest absolute Gasteiger partial charge is 0.352 e. The molecule has 0 radical (unpaired) electrons. The lowest BCUT2D eigenvalue weighted by molar-refractivity contribution is 0.0948. The van der Waals surface area contributed by atoms with E-state index in [-0.39, 0.29) is 11.5 Å². The van der Waals surface area contributed by atoms with E-state index in [1.54, 1.807) is 12.1 Å². The van der Waals surface area contributed by atoms with Gasteiger partial charge in [0.1, 0.15) is 5.82 Å². The molecule has 0 aromatic heterocycles. The van der Waals surface area contributed by atoms with Crippen LogP contribution in [-0.4, -0.2) is 62.0 Å². The molecule has 1 aromatic carbocycles. The van der Waals surface area contributed by atoms with Crippen LogP contribution < -0.4 is 5.32 Å². The van der Waals surface area contributed by atoms with Gasteiger partial charge in [0.05, 0.1) is 5.56 Å². The highest BCUT2D eigenvalue weighted by Crippen LogP contribution is 2.14. The summed E-state index contributed by atoms with van der Waals surface area (Å²) in [6.45, 7) is 4.09. The van der Waals surface area contributed by atoms with Crippen molar-refractivity contribution in [3.63, 3.8) is 0 Å². The average molecular weight is 335 g/mol. The van der Waals surface area contributed by atoms with Crippen molar-refractivity contribution in [2.75, 3.05) is 40.3 Å². The van der Waals surface area contributed by atoms with E-state index < -0.39 is 5.82 Å². The summed E-state index contributed by atoms with van der Waals surface area (Å²) in [7, 11) is 4.40. The third-order valence-corrected chi connectivity index (χ3v) is 4.90. The molecule has 1 N–H and O–H groups in total. The minimum absolute atomic E-state index is 0.125. The van der Waals surface area contributed by atoms with E-state index in [0.29, 0.717) is 12.6 Å². The van der Waals surface area contributed by atoms with Crippen LogP contribution in [0, 0.1) is 5.82 Å². The number of hydrogen-bond acceptors (Lipinski definition) is 3. The van der Waals surface area contributed by atoms with Gasteiger partial charge < -0.3 is 15.1 Å². The lowest BCUT2D eigenvalue weighted by atomic mass is 10.0. The lowest BCUT2D eigenvalue weighted by Crippen LogP contribution is -2.42. The number of carbonyl (C=O) groups excluding carboxylic acids is 1. The Hall–Kier alpha value is -1.46. The molecule has 1 aromatic rings. The van der Waals surface area contributed by atoms with Crippen LogP contribution in [-0.2, 0) is 0 Å². The predicted octanol–water partition coefficient (Wildman–Crippen LogP) is 2.75. The Morgan fingerprint density at radius 3 is 2.67 bits per heavy atom. The molecular weight excluding hydrogens is 305 g/mol. The summed E-state index contributed by atoms with van der Waals surface area (Å²) in [5.41, 5.74) is 0.125. The molecule has 24 heavy (non-hydrogen) atoms. The second-order valence-electron chi connectivity index (χ2n) is 6.81. The zero-order valence-electron chi connectivity index (χ0n) is 14.9. The number of benzene rings is 1. The smallest absolute Gasteiger partial charge is 0.254 e. The molecule has 1 fully saturated rings. The zero-order chi connectivity index (χ0) is 17.4. The van der Waals surface area contributed by atoms with Gasteiger partial charge in [0.15, 0.2) is 0 Å². The third kappa shape index (κ3) is 5.87. The number of piperidine rings is 1. The molecule has 0 bridgehead atoms. The molecule has 5 heteroatoms. The van der Waals surface area contributed by atoms with Gasteiger partial charge in [-0.25, -0.2) is 4.39 Å². The molecule has 0 aliphatic carbocycles. The number of hydrogen-bond donors (Lipinski definition) is 1. The Balaban J connectivity index is 1.55. The molecule has 0 spiro atoms. The topological polar surface area (TPSA) is 35.6 Å². The summed E-state index contributed by atoms with van der Waals surface area (Å²) < 4.78 is 13.5. The summed E-state index contributed by atoms with van der Waals surface area (Å²) in [4.78, 5) is 16.7. The van der Waals surface area contributed by atoms with Crippen LogP contribution in [0.25, 0.3) is 0 Å². The first kappa shape index (κ1) is 18.9. The minimum Gasteiger partial charge on any atom is -0.352 e. The van der Waals surface area contributed by atoms with Crippen molar-refractivity contribution >= 4 is 5.91 Å². The first-order valence-electron chi connectivity index (χ1n) is 8.99. The fourth-order valence-electron chi connectivity index (χ4n) is 3.22. The van der Waals surface area contributed by atoms with E-state index >= 15 is 0 Å². The predicted molar refractivity (Wildman–Crippen MR) is 95.7 cm³/mol. The van der Waals surface area contributed by atoms with Gasteiger partial charge in [-0.3, -0.25) is 4.79 Å². The maximum absolute atomic E-state index is 13.5. The quantitative estimate of drug-likeness (QED) is 0.742. The summed E-state index contributed by atoms with van der Waals surface area (Å²) in [5, 5.41) is 2.80. The average Bonchev–Trinajstić information content (AvgIpc) is 2.58. The van der Waals surface area contributed by atoms with Crippen molar-refractivity contribution in [1.82, 2.24) is 15.1 Å². The molecule has 1 aliphatic rings. The van der Waals surface area contributed by atoms with Gasteiger partial charge >= 0.3 is 0 Å². The molecule has 1 heterocycles. The van der Waals surface area contributed by atoms with Crippen molar-refractivity contribution in [3.05, 3.63) is 35.6 Å². The lowest BCUT2D eigenvalue weighted by Gasteiger charge is -2.35. The number of rotatable bonds is 8. The van der Waals surface area contributed by atoms with E-state index in [1.165, 1.54) is 38.1 Å². The highest BCUT2D eigenvalue weighted by Gasteiger charge is 2.19. The van der Waals surface area contributed by atoms with Gasteiger partial charge in [-0.1, -0.05) is 18.6 Å². The molecule has 0 saturated carbocycles. The van der Waals surface area contributed by atoms with Crippen LogP contribution in [0.15, 0.2) is 24.3 Å². The monoisotopic (exact) mass is 335 g/mol. The van der Waals surface area contributed by atoms with Gasteiger partial charge in [-0.05, 0) is 71.5 Å². The van der Waals surface area contributed by atoms with Gasteiger partial charge in [0, 0.05) is 12.6 Å². The Morgan fingerprint density at radius 2 is 1.96 bits per heavy atom. The second kappa shape index (κ2) is 9.74. The van der Waals surface area contributed by atoms with Crippen LogP contribution in [0.1, 0.15) is 42.5 Å². The van der Waals surface area contributed by atoms with E-state index in [0.717, 1.165) is 25.8 Å². The van der Waals surface area contributed by atoms with E-state index in [2.05, 4.69) is 29.2 Å². The maximum Gasteiger partial charge on any atom is 0.254 e. The van der Waals surface area contributed by atoms with Crippen LogP contribution in [0.4, 0.5) is 4.39 Å². The third-order valence-electron chi connectivity index (χ3n) is 4.90. The van der Waals surface area contributed by atoms with Crippen molar-refractivity contribution < 1.29 is 9.18 Å². The Kier molecular flexibility index (Phi) is 7.66. The molecule has 0 unspecified atom stereocenters. The first-order chi connectivity index (χ1) is 11.6. The molecular formula is C19H30FN3O. The molecule has 0 atom stereocenters. The summed E-state index contributed by atoms with van der Waals surface area (Å²) in [6.07, 6.45) is 5.66. The van der Waals surface area contributed by atoms with Crippen molar-refractivity contribution in [2.45, 2.75) is 38.1 Å². The van der Waals surface area contributed by atoms with Crippen LogP contribution in [0.5, 0.6) is 0 Å². The fraction of sp³-hybridized carbons (Fsp3) is 0.632. The summed E-state index contributed by atoms with van der Waals surface area (Å²) in [5.74, 6) is -0.786. The zero-order valence-corrected chi connectivity index (χ0v) is 14.9. The van der Waals surface area contributed by atoms with E-state index in [9.17, 15) is 9.18 Å². The molecule has 4 nitrogen and oxygen atoms in total. The van der Waals surface area contributed by atoms with Gasteiger partial charge in [0.2, 0.25) is 0 Å². The highest BCUT2D eigenvalue weighted by atomic mass is 19.1. The maximum atomic E-state index is 13.5. The summed E-state index contributed by atoms with van der Waals surface area (Å²) >= 11 is 0. The Bertz CT molecular complexity index is 515. The van der Waals surface area contributed by atoms with Crippen molar-refractivity contribution in [3.8, 4) is 0 Å². The number of nitrogens with one attached hydrogen (secondary N) is 1. The molecule has 1 aliphatic heterocycles. The van der Waals surface area contributed by atoms with Gasteiger partial charge in [-0.2, -0.15) is 0 Å². The second-order valence-corrected chi connectivity index (χ2v) is 6.81. The minimum atomic E-state index is -0.463. The van der Waals surface area contributed by atoms with E-state index in [1.807, 2.05) is 0 Å². The number of amides is 1. The van der Waals surface area contributed by atoms with E-state index in [4.69, 9.17) is 0 Å². The van der Waals surface area contributed by atoms with Gasteiger partial charge in [0.25, 0.3) is 5.91 Å². The first-order valence-corrected chi connectivity index (χ1v) is 8.99. The number of nitrogens with zero attached hydrogens (tertiary/aromatic N) is 2. The normalized spacial score (nSPS) is 16.5. The standard InChI is InChI=1S/C19H30FN3O/c1-22-14-10-16(11-15-22)23(2)13-7-3-6-12-21-19(24)17-8-4-5-9-18(17)20/h4-5,8-9,16H,3,6-7,10-15H2,1-2H3,(H,21,24). The van der Waals surface area contributed by atoms with Crippen molar-refractivity contribution in [2.24, 2.45) is 0 Å². The van der Waals surface area contributed by atoms with Gasteiger partial charge in [-0.15, -0.1) is 0 Å². The molecule has 1 saturated heterocycles. The highest BCUT2D eigenvalue weighted by molar-refractivity contribution is 5.94. The van der Waals surface area contributed by atoms with Crippen LogP contribution in [0.2, 0.25) is 0 Å². The number of likely N-dealkylation sites (tertiary alicyclic amines) is 1. The fourth-order valence-corrected chi connectivity index (χ4v) is 3.22. The Labute approximate surface area is 145 Å². The number of unbranched alkanes of at least 4 members (excludes halogenated alkanes) is 2. The molecule has 1 amide bonds. The Morgan fingerprint density at radius 1 is 1.25 bits per heavy atom. The number of carbonyl (C=O) groups is 1. The van der Waals surface area contributed by atoms with Crippen LogP contribution >= 0.6 is 0 Å². The SMILES string of the molecule is CN1CCC(N(C)CCCCCNC(=O)c2ccccc2F)CC1. The molecule has 134 valence electrons. The van der Waals surface area contributed by atoms with Crippen LogP contribution in [0.3, 0.4) is 0 Å². The number of halogens is 1. The molecule has 2 rings (SSSR count). The van der Waals surface area contributed by atoms with Crippen molar-refractivity contribution in [1.29, 1.82) is 0 Å².